The summed E-state index contributed by atoms with van der Waals surface area (Å²) in [7, 11) is 4.50. The van der Waals surface area contributed by atoms with E-state index in [2.05, 4.69) is 36.1 Å². The van der Waals surface area contributed by atoms with Gasteiger partial charge in [-0.15, -0.1) is 0 Å². The zero-order valence-corrected chi connectivity index (χ0v) is 12.5. The van der Waals surface area contributed by atoms with E-state index >= 15 is 0 Å². The van der Waals surface area contributed by atoms with Crippen LogP contribution in [0.15, 0.2) is 0 Å². The van der Waals surface area contributed by atoms with E-state index < -0.39 is 0 Å². The quantitative estimate of drug-likeness (QED) is 0.822. The highest BCUT2D eigenvalue weighted by atomic mass is 15.1. The molecule has 1 N–H and O–H groups in total. The van der Waals surface area contributed by atoms with Gasteiger partial charge in [0.2, 0.25) is 0 Å². The minimum atomic E-state index is 0.687. The molecule has 2 heterocycles. The van der Waals surface area contributed by atoms with Crippen LogP contribution in [0.2, 0.25) is 0 Å². The fraction of sp³-hybridized carbons (Fsp3) is 1.00. The first kappa shape index (κ1) is 14.3. The van der Waals surface area contributed by atoms with Crippen molar-refractivity contribution in [3.63, 3.8) is 0 Å². The van der Waals surface area contributed by atoms with Gasteiger partial charge in [0.25, 0.3) is 0 Å². The first-order valence-electron chi connectivity index (χ1n) is 7.75. The number of hydrogen-bond donors (Lipinski definition) is 1. The summed E-state index contributed by atoms with van der Waals surface area (Å²) in [6.07, 6.45) is 5.54. The number of rotatable bonds is 4. The van der Waals surface area contributed by atoms with Gasteiger partial charge < -0.3 is 15.1 Å². The van der Waals surface area contributed by atoms with Gasteiger partial charge in [-0.25, -0.2) is 0 Å². The molecule has 0 aromatic heterocycles. The van der Waals surface area contributed by atoms with Crippen molar-refractivity contribution in [3.8, 4) is 0 Å². The smallest absolute Gasteiger partial charge is 0.00793 e. The van der Waals surface area contributed by atoms with Crippen molar-refractivity contribution < 1.29 is 0 Å². The van der Waals surface area contributed by atoms with Gasteiger partial charge in [0.1, 0.15) is 0 Å². The predicted molar refractivity (Wildman–Crippen MR) is 77.9 cm³/mol. The molecule has 3 heteroatoms. The van der Waals surface area contributed by atoms with Crippen LogP contribution in [0, 0.1) is 11.8 Å². The Balaban J connectivity index is 1.66. The second kappa shape index (κ2) is 6.88. The molecule has 0 spiro atoms. The third kappa shape index (κ3) is 4.22. The van der Waals surface area contributed by atoms with Gasteiger partial charge in [-0.2, -0.15) is 0 Å². The van der Waals surface area contributed by atoms with Crippen LogP contribution in [-0.2, 0) is 0 Å². The van der Waals surface area contributed by atoms with Gasteiger partial charge in [-0.3, -0.25) is 0 Å². The maximum absolute atomic E-state index is 3.81. The Labute approximate surface area is 113 Å². The number of nitrogens with one attached hydrogen (secondary N) is 1. The molecule has 0 radical (unpaired) electrons. The second-order valence-corrected chi connectivity index (χ2v) is 6.61. The third-order valence-corrected chi connectivity index (χ3v) is 4.93. The average Bonchev–Trinajstić information content (AvgIpc) is 2.38. The summed E-state index contributed by atoms with van der Waals surface area (Å²) in [6.45, 7) is 8.76. The summed E-state index contributed by atoms with van der Waals surface area (Å²) in [5.41, 5.74) is 0. The number of piperidine rings is 2. The molecule has 3 nitrogen and oxygen atoms in total. The molecule has 2 rings (SSSR count). The fourth-order valence-electron chi connectivity index (χ4n) is 3.40. The van der Waals surface area contributed by atoms with E-state index in [1.807, 2.05) is 0 Å². The zero-order valence-electron chi connectivity index (χ0n) is 12.5. The maximum atomic E-state index is 3.81. The van der Waals surface area contributed by atoms with Crippen LogP contribution in [0.4, 0.5) is 0 Å². The molecule has 0 aliphatic carbocycles. The highest BCUT2D eigenvalue weighted by molar-refractivity contribution is 4.81. The first-order chi connectivity index (χ1) is 8.65. The fourth-order valence-corrected chi connectivity index (χ4v) is 3.40. The molecular weight excluding hydrogens is 222 g/mol. The molecule has 2 aliphatic rings. The van der Waals surface area contributed by atoms with E-state index in [0.29, 0.717) is 6.04 Å². The van der Waals surface area contributed by atoms with Crippen molar-refractivity contribution in [1.82, 2.24) is 15.1 Å². The Hall–Kier alpha value is -0.120. The third-order valence-electron chi connectivity index (χ3n) is 4.93. The lowest BCUT2D eigenvalue weighted by molar-refractivity contribution is 0.167. The Bertz CT molecular complexity index is 236. The summed E-state index contributed by atoms with van der Waals surface area (Å²) in [5.74, 6) is 1.76. The second-order valence-electron chi connectivity index (χ2n) is 6.61. The molecule has 0 aromatic rings. The Morgan fingerprint density at radius 3 is 2.44 bits per heavy atom. The van der Waals surface area contributed by atoms with Crippen LogP contribution in [0.5, 0.6) is 0 Å². The van der Waals surface area contributed by atoms with Gasteiger partial charge in [-0.1, -0.05) is 0 Å². The minimum Gasteiger partial charge on any atom is -0.314 e. The molecule has 2 fully saturated rings. The molecule has 2 unspecified atom stereocenters. The van der Waals surface area contributed by atoms with E-state index in [9.17, 15) is 0 Å². The van der Waals surface area contributed by atoms with Gasteiger partial charge in [0.05, 0.1) is 0 Å². The normalized spacial score (nSPS) is 30.5. The van der Waals surface area contributed by atoms with Gasteiger partial charge in [0, 0.05) is 12.6 Å². The lowest BCUT2D eigenvalue weighted by Gasteiger charge is -2.35. The summed E-state index contributed by atoms with van der Waals surface area (Å²) < 4.78 is 0. The molecule has 0 bridgehead atoms. The molecule has 2 atom stereocenters. The van der Waals surface area contributed by atoms with Gasteiger partial charge in [0.15, 0.2) is 0 Å². The molecule has 2 aliphatic heterocycles. The predicted octanol–water partition coefficient (Wildman–Crippen LogP) is 1.65. The topological polar surface area (TPSA) is 18.5 Å². The van der Waals surface area contributed by atoms with Crippen molar-refractivity contribution in [2.45, 2.75) is 38.6 Å². The molecule has 18 heavy (non-hydrogen) atoms. The van der Waals surface area contributed by atoms with Crippen LogP contribution in [0.3, 0.4) is 0 Å². The number of likely N-dealkylation sites (tertiary alicyclic amines) is 2. The van der Waals surface area contributed by atoms with Crippen molar-refractivity contribution in [2.75, 3.05) is 46.8 Å². The summed E-state index contributed by atoms with van der Waals surface area (Å²) in [6, 6.07) is 0.687. The largest absolute Gasteiger partial charge is 0.314 e. The first-order valence-corrected chi connectivity index (χ1v) is 7.75. The lowest BCUT2D eigenvalue weighted by atomic mass is 9.90. The van der Waals surface area contributed by atoms with Crippen LogP contribution in [0.25, 0.3) is 0 Å². The Morgan fingerprint density at radius 2 is 1.78 bits per heavy atom. The molecule has 0 aromatic carbocycles. The Morgan fingerprint density at radius 1 is 1.06 bits per heavy atom. The molecular formula is C15H31N3. The molecule has 106 valence electrons. The monoisotopic (exact) mass is 253 g/mol. The highest BCUT2D eigenvalue weighted by Gasteiger charge is 2.23. The van der Waals surface area contributed by atoms with Crippen molar-refractivity contribution >= 4 is 0 Å². The number of hydrogen-bond acceptors (Lipinski definition) is 3. The van der Waals surface area contributed by atoms with E-state index in [1.54, 1.807) is 0 Å². The average molecular weight is 253 g/mol. The zero-order chi connectivity index (χ0) is 13.0. The van der Waals surface area contributed by atoms with Crippen LogP contribution < -0.4 is 5.32 Å². The van der Waals surface area contributed by atoms with Crippen LogP contribution >= 0.6 is 0 Å². The highest BCUT2D eigenvalue weighted by Crippen LogP contribution is 2.20. The Kier molecular flexibility index (Phi) is 5.46. The van der Waals surface area contributed by atoms with Crippen molar-refractivity contribution in [3.05, 3.63) is 0 Å². The van der Waals surface area contributed by atoms with E-state index in [4.69, 9.17) is 0 Å². The van der Waals surface area contributed by atoms with Gasteiger partial charge >= 0.3 is 0 Å². The SMILES string of the molecule is CC(NCC1CCN(C)CC1)C1CCCN(C)C1. The molecule has 0 amide bonds. The lowest BCUT2D eigenvalue weighted by Crippen LogP contribution is -2.45. The minimum absolute atomic E-state index is 0.687. The maximum Gasteiger partial charge on any atom is 0.00793 e. The van der Waals surface area contributed by atoms with Crippen molar-refractivity contribution in [2.24, 2.45) is 11.8 Å². The van der Waals surface area contributed by atoms with E-state index in [0.717, 1.165) is 11.8 Å². The summed E-state index contributed by atoms with van der Waals surface area (Å²) in [5, 5.41) is 3.81. The standard InChI is InChI=1S/C15H31N3/c1-13(15-5-4-8-18(3)12-15)16-11-14-6-9-17(2)10-7-14/h13-16H,4-12H2,1-3H3. The molecule has 2 saturated heterocycles. The van der Waals surface area contributed by atoms with Gasteiger partial charge in [-0.05, 0) is 84.7 Å². The van der Waals surface area contributed by atoms with Crippen LogP contribution in [0.1, 0.15) is 32.6 Å². The molecule has 0 saturated carbocycles. The van der Waals surface area contributed by atoms with E-state index in [1.165, 1.54) is 58.4 Å². The summed E-state index contributed by atoms with van der Waals surface area (Å²) in [4.78, 5) is 4.94. The van der Waals surface area contributed by atoms with Crippen LogP contribution in [-0.4, -0.2) is 62.7 Å². The summed E-state index contributed by atoms with van der Waals surface area (Å²) >= 11 is 0. The van der Waals surface area contributed by atoms with E-state index in [-0.39, 0.29) is 0 Å². The van der Waals surface area contributed by atoms with Crippen molar-refractivity contribution in [1.29, 1.82) is 0 Å². The number of nitrogens with zero attached hydrogens (tertiary/aromatic N) is 2.